The van der Waals surface area contributed by atoms with E-state index in [0.29, 0.717) is 22.2 Å². The molecule has 0 spiro atoms. The number of fused-ring (bicyclic) bond motifs is 1. The second-order valence-corrected chi connectivity index (χ2v) is 5.52. The molecule has 0 bridgehead atoms. The lowest BCUT2D eigenvalue weighted by molar-refractivity contribution is 0.0994. The van der Waals surface area contributed by atoms with Gasteiger partial charge in [-0.05, 0) is 36.2 Å². The van der Waals surface area contributed by atoms with E-state index in [0.717, 1.165) is 23.3 Å². The van der Waals surface area contributed by atoms with Crippen molar-refractivity contribution in [3.63, 3.8) is 0 Å². The van der Waals surface area contributed by atoms with Crippen molar-refractivity contribution < 1.29 is 14.3 Å². The summed E-state index contributed by atoms with van der Waals surface area (Å²) >= 11 is 11.6. The molecule has 0 radical (unpaired) electrons. The molecule has 0 aromatic heterocycles. The predicted octanol–water partition coefficient (Wildman–Crippen LogP) is 4.83. The van der Waals surface area contributed by atoms with Crippen LogP contribution >= 0.6 is 23.2 Å². The first kappa shape index (κ1) is 16.7. The standard InChI is InChI=1S/C10H9ClO2.C7H7ClO/c1-13-10-4-6-2-3-9(12)7(6)5-8(10)11;1-9-7-5-3-2-4-6(7)8/h4-5H,2-3H2,1H3;2-5H,1H3. The maximum absolute atomic E-state index is 11.3. The fourth-order valence-electron chi connectivity index (χ4n) is 2.21. The van der Waals surface area contributed by atoms with E-state index in [-0.39, 0.29) is 5.78 Å². The van der Waals surface area contributed by atoms with E-state index >= 15 is 0 Å². The third kappa shape index (κ3) is 3.73. The monoisotopic (exact) mass is 338 g/mol. The van der Waals surface area contributed by atoms with Gasteiger partial charge in [-0.1, -0.05) is 35.3 Å². The number of halogens is 2. The minimum atomic E-state index is 0.180. The van der Waals surface area contributed by atoms with Crippen LogP contribution in [0.25, 0.3) is 0 Å². The number of Topliss-reactive ketones (excluding diaryl/α,β-unsaturated/α-hetero) is 1. The molecule has 0 N–H and O–H groups in total. The Kier molecular flexibility index (Phi) is 5.69. The van der Waals surface area contributed by atoms with Crippen LogP contribution in [0.4, 0.5) is 0 Å². The van der Waals surface area contributed by atoms with Gasteiger partial charge in [0.05, 0.1) is 24.3 Å². The van der Waals surface area contributed by atoms with Crippen LogP contribution in [0.5, 0.6) is 11.5 Å². The van der Waals surface area contributed by atoms with Gasteiger partial charge in [0.15, 0.2) is 5.78 Å². The van der Waals surface area contributed by atoms with Crippen LogP contribution in [0.2, 0.25) is 10.0 Å². The predicted molar refractivity (Wildman–Crippen MR) is 88.7 cm³/mol. The quantitative estimate of drug-likeness (QED) is 0.786. The van der Waals surface area contributed by atoms with Gasteiger partial charge in [-0.3, -0.25) is 4.79 Å². The van der Waals surface area contributed by atoms with E-state index in [1.165, 1.54) is 0 Å². The molecular weight excluding hydrogens is 323 g/mol. The zero-order valence-corrected chi connectivity index (χ0v) is 13.9. The van der Waals surface area contributed by atoms with Crippen LogP contribution in [0.1, 0.15) is 22.3 Å². The van der Waals surface area contributed by atoms with Crippen LogP contribution < -0.4 is 9.47 Å². The minimum absolute atomic E-state index is 0.180. The Balaban J connectivity index is 0.000000172. The largest absolute Gasteiger partial charge is 0.495 e. The summed E-state index contributed by atoms with van der Waals surface area (Å²) in [5, 5.41) is 1.16. The Morgan fingerprint density at radius 1 is 0.909 bits per heavy atom. The molecule has 0 aliphatic heterocycles. The number of methoxy groups -OCH3 is 2. The molecule has 2 aromatic carbocycles. The molecule has 0 saturated heterocycles. The molecular formula is C17H16Cl2O3. The summed E-state index contributed by atoms with van der Waals surface area (Å²) in [4.78, 5) is 11.3. The van der Waals surface area contributed by atoms with Crippen LogP contribution in [0, 0.1) is 0 Å². The summed E-state index contributed by atoms with van der Waals surface area (Å²) in [6, 6.07) is 10.9. The summed E-state index contributed by atoms with van der Waals surface area (Å²) in [6.07, 6.45) is 1.40. The lowest BCUT2D eigenvalue weighted by Gasteiger charge is -2.05. The lowest BCUT2D eigenvalue weighted by Crippen LogP contribution is -1.92. The molecule has 0 amide bonds. The zero-order chi connectivity index (χ0) is 16.1. The number of rotatable bonds is 2. The fraction of sp³-hybridized carbons (Fsp3) is 0.235. The summed E-state index contributed by atoms with van der Waals surface area (Å²) in [5.74, 6) is 1.55. The van der Waals surface area contributed by atoms with Gasteiger partial charge in [-0.2, -0.15) is 0 Å². The summed E-state index contributed by atoms with van der Waals surface area (Å²) < 4.78 is 9.98. The highest BCUT2D eigenvalue weighted by molar-refractivity contribution is 6.32. The van der Waals surface area contributed by atoms with Crippen molar-refractivity contribution in [1.29, 1.82) is 0 Å². The average molecular weight is 339 g/mol. The van der Waals surface area contributed by atoms with Gasteiger partial charge in [-0.25, -0.2) is 0 Å². The van der Waals surface area contributed by atoms with Crippen molar-refractivity contribution in [3.8, 4) is 11.5 Å². The molecule has 1 aliphatic carbocycles. The fourth-order valence-corrected chi connectivity index (χ4v) is 2.67. The molecule has 22 heavy (non-hydrogen) atoms. The number of hydrogen-bond donors (Lipinski definition) is 0. The number of benzene rings is 2. The number of ketones is 1. The minimum Gasteiger partial charge on any atom is -0.495 e. The third-order valence-electron chi connectivity index (χ3n) is 3.36. The van der Waals surface area contributed by atoms with Gasteiger partial charge in [0.25, 0.3) is 0 Å². The smallest absolute Gasteiger partial charge is 0.163 e. The molecule has 0 heterocycles. The van der Waals surface area contributed by atoms with Gasteiger partial charge in [-0.15, -0.1) is 0 Å². The Bertz CT molecular complexity index is 684. The Labute approximate surface area is 139 Å². The number of carbonyl (C=O) groups excluding carboxylic acids is 1. The SMILES string of the molecule is COc1cc2c(cc1Cl)C(=O)CC2.COc1ccccc1Cl. The molecule has 3 nitrogen and oxygen atoms in total. The highest BCUT2D eigenvalue weighted by atomic mass is 35.5. The molecule has 1 aliphatic rings. The number of ether oxygens (including phenoxy) is 2. The van der Waals surface area contributed by atoms with Crippen molar-refractivity contribution >= 4 is 29.0 Å². The van der Waals surface area contributed by atoms with E-state index in [4.69, 9.17) is 32.7 Å². The number of hydrogen-bond acceptors (Lipinski definition) is 3. The molecule has 0 saturated carbocycles. The molecule has 5 heteroatoms. The van der Waals surface area contributed by atoms with Crippen LogP contribution in [-0.2, 0) is 6.42 Å². The lowest BCUT2D eigenvalue weighted by atomic mass is 10.1. The molecule has 0 fully saturated rings. The van der Waals surface area contributed by atoms with Crippen LogP contribution in [0.15, 0.2) is 36.4 Å². The van der Waals surface area contributed by atoms with E-state index in [2.05, 4.69) is 0 Å². The Morgan fingerprint density at radius 3 is 2.18 bits per heavy atom. The maximum Gasteiger partial charge on any atom is 0.163 e. The van der Waals surface area contributed by atoms with Gasteiger partial charge in [0.2, 0.25) is 0 Å². The van der Waals surface area contributed by atoms with E-state index in [1.54, 1.807) is 26.4 Å². The van der Waals surface area contributed by atoms with Gasteiger partial charge in [0, 0.05) is 12.0 Å². The number of aryl methyl sites for hydroxylation is 1. The van der Waals surface area contributed by atoms with Crippen LogP contribution in [0.3, 0.4) is 0 Å². The first-order valence-corrected chi connectivity index (χ1v) is 7.50. The van der Waals surface area contributed by atoms with Gasteiger partial charge in [0.1, 0.15) is 11.5 Å². The second kappa shape index (κ2) is 7.52. The van der Waals surface area contributed by atoms with Crippen molar-refractivity contribution in [3.05, 3.63) is 57.6 Å². The molecule has 116 valence electrons. The number of carbonyl (C=O) groups is 1. The van der Waals surface area contributed by atoms with Crippen molar-refractivity contribution in [1.82, 2.24) is 0 Å². The normalized spacial score (nSPS) is 12.3. The topological polar surface area (TPSA) is 35.5 Å². The summed E-state index contributed by atoms with van der Waals surface area (Å²) in [6.45, 7) is 0. The second-order valence-electron chi connectivity index (χ2n) is 4.70. The maximum atomic E-state index is 11.3. The third-order valence-corrected chi connectivity index (χ3v) is 3.96. The van der Waals surface area contributed by atoms with E-state index in [9.17, 15) is 4.79 Å². The Hall–Kier alpha value is -1.71. The number of para-hydroxylation sites is 1. The first-order chi connectivity index (χ1) is 10.6. The molecule has 3 rings (SSSR count). The molecule has 0 unspecified atom stereocenters. The summed E-state index contributed by atoms with van der Waals surface area (Å²) in [5.41, 5.74) is 1.80. The first-order valence-electron chi connectivity index (χ1n) is 6.75. The molecule has 0 atom stereocenters. The van der Waals surface area contributed by atoms with Crippen LogP contribution in [-0.4, -0.2) is 20.0 Å². The molecule has 2 aromatic rings. The highest BCUT2D eigenvalue weighted by Crippen LogP contribution is 2.32. The highest BCUT2D eigenvalue weighted by Gasteiger charge is 2.21. The van der Waals surface area contributed by atoms with Gasteiger partial charge >= 0.3 is 0 Å². The summed E-state index contributed by atoms with van der Waals surface area (Å²) in [7, 11) is 3.17. The average Bonchev–Trinajstić information content (AvgIpc) is 2.88. The van der Waals surface area contributed by atoms with E-state index < -0.39 is 0 Å². The van der Waals surface area contributed by atoms with Crippen molar-refractivity contribution in [2.75, 3.05) is 14.2 Å². The van der Waals surface area contributed by atoms with Crippen molar-refractivity contribution in [2.24, 2.45) is 0 Å². The zero-order valence-electron chi connectivity index (χ0n) is 12.4. The van der Waals surface area contributed by atoms with Gasteiger partial charge < -0.3 is 9.47 Å². The Morgan fingerprint density at radius 2 is 1.59 bits per heavy atom. The van der Waals surface area contributed by atoms with E-state index in [1.807, 2.05) is 24.3 Å². The van der Waals surface area contributed by atoms with Crippen molar-refractivity contribution in [2.45, 2.75) is 12.8 Å².